The summed E-state index contributed by atoms with van der Waals surface area (Å²) in [7, 11) is 1.39. The van der Waals surface area contributed by atoms with Crippen molar-refractivity contribution in [2.75, 3.05) is 20.2 Å². The van der Waals surface area contributed by atoms with E-state index < -0.39 is 0 Å². The minimum Gasteiger partial charge on any atom is -0.469 e. The summed E-state index contributed by atoms with van der Waals surface area (Å²) in [6, 6.07) is 0. The van der Waals surface area contributed by atoms with E-state index in [1.165, 1.54) is 7.11 Å². The minimum absolute atomic E-state index is 0.0351. The summed E-state index contributed by atoms with van der Waals surface area (Å²) in [4.78, 5) is 25.5. The molecule has 0 saturated carbocycles. The van der Waals surface area contributed by atoms with E-state index in [0.29, 0.717) is 6.54 Å². The number of rotatable bonds is 2. The maximum atomic E-state index is 12.3. The van der Waals surface area contributed by atoms with Crippen LogP contribution in [0.3, 0.4) is 0 Å². The number of methoxy groups -OCH3 is 1. The van der Waals surface area contributed by atoms with Gasteiger partial charge in [-0.25, -0.2) is 0 Å². The van der Waals surface area contributed by atoms with Crippen LogP contribution in [0.25, 0.3) is 0 Å². The quantitative estimate of drug-likeness (QED) is 0.690. The number of carbonyl (C=O) groups excluding carboxylic acids is 2. The molecule has 0 bridgehead atoms. The fraction of sp³-hybridized carbons (Fsp3) is 0.846. The van der Waals surface area contributed by atoms with Crippen molar-refractivity contribution in [3.8, 4) is 0 Å². The highest BCUT2D eigenvalue weighted by Crippen LogP contribution is 2.24. The third-order valence-electron chi connectivity index (χ3n) is 3.77. The van der Waals surface area contributed by atoms with Gasteiger partial charge in [0.2, 0.25) is 0 Å². The summed E-state index contributed by atoms with van der Waals surface area (Å²) in [6.07, 6.45) is 3.24. The first-order chi connectivity index (χ1) is 8.61. The second kappa shape index (κ2) is 5.69. The van der Waals surface area contributed by atoms with Crippen molar-refractivity contribution in [1.29, 1.82) is 0 Å². The molecule has 2 fully saturated rings. The molecule has 0 radical (unpaired) electrons. The second-order valence-electron chi connectivity index (χ2n) is 5.16. The van der Waals surface area contributed by atoms with Crippen molar-refractivity contribution >= 4 is 11.9 Å². The lowest BCUT2D eigenvalue weighted by Crippen LogP contribution is -2.46. The molecule has 18 heavy (non-hydrogen) atoms. The van der Waals surface area contributed by atoms with Crippen molar-refractivity contribution in [2.24, 2.45) is 5.92 Å². The number of nitrogens with zero attached hydrogens (tertiary/aromatic N) is 1. The van der Waals surface area contributed by atoms with Gasteiger partial charge in [0.05, 0.1) is 19.1 Å². The van der Waals surface area contributed by atoms with Gasteiger partial charge in [-0.15, -0.1) is 0 Å². The second-order valence-corrected chi connectivity index (χ2v) is 5.16. The van der Waals surface area contributed by atoms with E-state index in [1.807, 2.05) is 6.92 Å². The van der Waals surface area contributed by atoms with Crippen molar-refractivity contribution in [1.82, 2.24) is 4.90 Å². The molecule has 2 aliphatic rings. The van der Waals surface area contributed by atoms with Crippen molar-refractivity contribution in [3.63, 3.8) is 0 Å². The van der Waals surface area contributed by atoms with Crippen LogP contribution in [0.1, 0.15) is 32.6 Å². The molecule has 5 heteroatoms. The summed E-state index contributed by atoms with van der Waals surface area (Å²) >= 11 is 0. The average molecular weight is 255 g/mol. The molecule has 2 aliphatic heterocycles. The predicted octanol–water partition coefficient (Wildman–Crippen LogP) is 0.965. The van der Waals surface area contributed by atoms with Gasteiger partial charge in [-0.2, -0.15) is 0 Å². The van der Waals surface area contributed by atoms with E-state index in [9.17, 15) is 9.59 Å². The molecule has 0 N–H and O–H groups in total. The number of likely N-dealkylation sites (tertiary alicyclic amines) is 1. The molecule has 2 saturated heterocycles. The molecule has 0 aromatic carbocycles. The molecule has 0 aromatic heterocycles. The fourth-order valence-corrected chi connectivity index (χ4v) is 2.72. The Morgan fingerprint density at radius 1 is 1.28 bits per heavy atom. The van der Waals surface area contributed by atoms with E-state index in [-0.39, 0.29) is 30.0 Å². The molecule has 102 valence electrons. The number of piperidine rings is 1. The largest absolute Gasteiger partial charge is 0.469 e. The van der Waals surface area contributed by atoms with Crippen LogP contribution >= 0.6 is 0 Å². The standard InChI is InChI=1S/C13H21NO4/c1-9-5-6-11(18-9)12(15)14-7-3-4-10(8-14)13(16)17-2/h9-11H,3-8H2,1-2H3/t9?,10-,11?/m0/s1. The lowest BCUT2D eigenvalue weighted by atomic mass is 9.97. The molecule has 1 amide bonds. The Bertz CT molecular complexity index is 331. The lowest BCUT2D eigenvalue weighted by molar-refractivity contribution is -0.152. The van der Waals surface area contributed by atoms with Gasteiger partial charge in [0.1, 0.15) is 6.10 Å². The third kappa shape index (κ3) is 2.83. The van der Waals surface area contributed by atoms with E-state index in [4.69, 9.17) is 9.47 Å². The maximum Gasteiger partial charge on any atom is 0.310 e. The first-order valence-corrected chi connectivity index (χ1v) is 6.64. The highest BCUT2D eigenvalue weighted by Gasteiger charge is 2.35. The Kier molecular flexibility index (Phi) is 4.22. The van der Waals surface area contributed by atoms with Gasteiger partial charge in [-0.05, 0) is 32.6 Å². The Morgan fingerprint density at radius 3 is 2.67 bits per heavy atom. The normalized spacial score (nSPS) is 32.3. The lowest BCUT2D eigenvalue weighted by Gasteiger charge is -2.32. The monoisotopic (exact) mass is 255 g/mol. The molecule has 0 aliphatic carbocycles. The Balaban J connectivity index is 1.92. The van der Waals surface area contributed by atoms with E-state index in [1.54, 1.807) is 4.90 Å². The van der Waals surface area contributed by atoms with Crippen molar-refractivity contribution in [2.45, 2.75) is 44.8 Å². The molecule has 2 heterocycles. The van der Waals surface area contributed by atoms with E-state index >= 15 is 0 Å². The van der Waals surface area contributed by atoms with Crippen LogP contribution in [0.15, 0.2) is 0 Å². The summed E-state index contributed by atoms with van der Waals surface area (Å²) in [6.45, 7) is 3.18. The number of amides is 1. The van der Waals surface area contributed by atoms with Crippen LogP contribution in [0, 0.1) is 5.92 Å². The van der Waals surface area contributed by atoms with Crippen LogP contribution in [-0.2, 0) is 19.1 Å². The molecule has 0 aromatic rings. The van der Waals surface area contributed by atoms with Gasteiger partial charge >= 0.3 is 5.97 Å². The van der Waals surface area contributed by atoms with Crippen LogP contribution in [0.4, 0.5) is 0 Å². The molecule has 3 atom stereocenters. The zero-order chi connectivity index (χ0) is 13.1. The Hall–Kier alpha value is -1.10. The van der Waals surface area contributed by atoms with Gasteiger partial charge in [0.25, 0.3) is 5.91 Å². The van der Waals surface area contributed by atoms with Crippen molar-refractivity contribution < 1.29 is 19.1 Å². The Labute approximate surface area is 107 Å². The molecular formula is C13H21NO4. The first-order valence-electron chi connectivity index (χ1n) is 6.64. The topological polar surface area (TPSA) is 55.8 Å². The average Bonchev–Trinajstić information content (AvgIpc) is 2.83. The number of ether oxygens (including phenoxy) is 2. The Morgan fingerprint density at radius 2 is 2.06 bits per heavy atom. The molecule has 2 rings (SSSR count). The molecule has 5 nitrogen and oxygen atoms in total. The highest BCUT2D eigenvalue weighted by atomic mass is 16.5. The number of hydrogen-bond acceptors (Lipinski definition) is 4. The van der Waals surface area contributed by atoms with Crippen LogP contribution in [-0.4, -0.2) is 49.2 Å². The van der Waals surface area contributed by atoms with Gasteiger partial charge in [-0.3, -0.25) is 9.59 Å². The summed E-state index contributed by atoms with van der Waals surface area (Å²) < 4.78 is 10.3. The smallest absolute Gasteiger partial charge is 0.310 e. The first kappa shape index (κ1) is 13.3. The summed E-state index contributed by atoms with van der Waals surface area (Å²) in [5, 5.41) is 0. The summed E-state index contributed by atoms with van der Waals surface area (Å²) in [5.41, 5.74) is 0. The number of esters is 1. The molecular weight excluding hydrogens is 234 g/mol. The molecule has 0 spiro atoms. The van der Waals surface area contributed by atoms with Crippen LogP contribution in [0.2, 0.25) is 0 Å². The van der Waals surface area contributed by atoms with E-state index in [0.717, 1.165) is 32.2 Å². The highest BCUT2D eigenvalue weighted by molar-refractivity contribution is 5.82. The van der Waals surface area contributed by atoms with Gasteiger partial charge in [-0.1, -0.05) is 0 Å². The number of hydrogen-bond donors (Lipinski definition) is 0. The zero-order valence-electron chi connectivity index (χ0n) is 11.1. The third-order valence-corrected chi connectivity index (χ3v) is 3.77. The van der Waals surface area contributed by atoms with Gasteiger partial charge in [0, 0.05) is 13.1 Å². The van der Waals surface area contributed by atoms with E-state index in [2.05, 4.69) is 0 Å². The predicted molar refractivity (Wildman–Crippen MR) is 64.9 cm³/mol. The number of carbonyl (C=O) groups is 2. The van der Waals surface area contributed by atoms with Gasteiger partial charge in [0.15, 0.2) is 0 Å². The summed E-state index contributed by atoms with van der Waals surface area (Å²) in [5.74, 6) is -0.354. The van der Waals surface area contributed by atoms with Crippen molar-refractivity contribution in [3.05, 3.63) is 0 Å². The van der Waals surface area contributed by atoms with Crippen LogP contribution < -0.4 is 0 Å². The zero-order valence-corrected chi connectivity index (χ0v) is 11.1. The molecule has 2 unspecified atom stereocenters. The maximum absolute atomic E-state index is 12.3. The fourth-order valence-electron chi connectivity index (χ4n) is 2.72. The SMILES string of the molecule is COC(=O)[C@H]1CCCN(C(=O)C2CCC(C)O2)C1. The minimum atomic E-state index is -0.309. The van der Waals surface area contributed by atoms with Crippen LogP contribution in [0.5, 0.6) is 0 Å². The van der Waals surface area contributed by atoms with Gasteiger partial charge < -0.3 is 14.4 Å².